The zero-order valence-electron chi connectivity index (χ0n) is 19.7. The highest BCUT2D eigenvalue weighted by Gasteiger charge is 2.13. The maximum atomic E-state index is 12.3. The molecule has 3 N–H and O–H groups in total. The van der Waals surface area contributed by atoms with E-state index in [-0.39, 0.29) is 11.5 Å². The Labute approximate surface area is 205 Å². The second-order valence-corrected chi connectivity index (χ2v) is 9.88. The maximum Gasteiger partial charge on any atom is 0.336 e. The molecule has 1 heterocycles. The van der Waals surface area contributed by atoms with Crippen molar-refractivity contribution in [1.29, 1.82) is 0 Å². The van der Waals surface area contributed by atoms with Crippen molar-refractivity contribution in [3.8, 4) is 11.5 Å². The molecule has 0 bridgehead atoms. The molecule has 0 saturated carbocycles. The van der Waals surface area contributed by atoms with Crippen LogP contribution in [0.15, 0.2) is 68.7 Å². The number of sulfonamides is 1. The lowest BCUT2D eigenvalue weighted by molar-refractivity contribution is 0.106. The fourth-order valence-corrected chi connectivity index (χ4v) is 4.50. The van der Waals surface area contributed by atoms with Crippen LogP contribution in [0.4, 0.5) is 0 Å². The van der Waals surface area contributed by atoms with E-state index in [4.69, 9.17) is 13.9 Å². The molecular weight excluding hydrogens is 472 g/mol. The first-order valence-electron chi connectivity index (χ1n) is 11.6. The molecule has 190 valence electrons. The molecular formula is C25H32N2O7S. The standard InChI is InChI=1S/C25H32N2O7S/c1-32-21-9-11-23(12-10-21)35(30,31)27-15-5-3-2-4-14-26-17-20(28)18-33-22-8-6-19-7-13-25(29)34-24(19)16-22/h6-13,16,20,26-28H,2-5,14-15,17-18H2,1H3/t20-/m0/s1. The summed E-state index contributed by atoms with van der Waals surface area (Å²) >= 11 is 0. The normalized spacial score (nSPS) is 12.5. The van der Waals surface area contributed by atoms with Crippen molar-refractivity contribution in [3.05, 3.63) is 65.0 Å². The predicted molar refractivity (Wildman–Crippen MR) is 134 cm³/mol. The highest BCUT2D eigenvalue weighted by atomic mass is 32.2. The number of fused-ring (bicyclic) bond motifs is 1. The first-order valence-corrected chi connectivity index (χ1v) is 13.0. The molecule has 3 rings (SSSR count). The van der Waals surface area contributed by atoms with Crippen LogP contribution >= 0.6 is 0 Å². The van der Waals surface area contributed by atoms with Gasteiger partial charge in [0.25, 0.3) is 0 Å². The summed E-state index contributed by atoms with van der Waals surface area (Å²) in [4.78, 5) is 11.6. The van der Waals surface area contributed by atoms with Gasteiger partial charge in [0, 0.05) is 30.6 Å². The van der Waals surface area contributed by atoms with Gasteiger partial charge < -0.3 is 24.3 Å². The number of unbranched alkanes of at least 4 members (excludes halogenated alkanes) is 3. The third-order valence-corrected chi connectivity index (χ3v) is 6.84. The van der Waals surface area contributed by atoms with E-state index in [2.05, 4.69) is 10.0 Å². The minimum absolute atomic E-state index is 0.115. The van der Waals surface area contributed by atoms with Crippen LogP contribution in [0.1, 0.15) is 25.7 Å². The Morgan fingerprint density at radius 2 is 1.63 bits per heavy atom. The molecule has 35 heavy (non-hydrogen) atoms. The number of nitrogens with one attached hydrogen (secondary N) is 2. The molecule has 1 aromatic heterocycles. The molecule has 9 nitrogen and oxygen atoms in total. The summed E-state index contributed by atoms with van der Waals surface area (Å²) in [5.74, 6) is 1.13. The van der Waals surface area contributed by atoms with Gasteiger partial charge in [-0.25, -0.2) is 17.9 Å². The number of methoxy groups -OCH3 is 1. The second-order valence-electron chi connectivity index (χ2n) is 8.11. The fourth-order valence-electron chi connectivity index (χ4n) is 3.42. The summed E-state index contributed by atoms with van der Waals surface area (Å²) in [6.07, 6.45) is 2.84. The van der Waals surface area contributed by atoms with Gasteiger partial charge in [-0.3, -0.25) is 0 Å². The second kappa shape index (κ2) is 13.2. The van der Waals surface area contributed by atoms with Crippen molar-refractivity contribution in [3.63, 3.8) is 0 Å². The quantitative estimate of drug-likeness (QED) is 0.213. The van der Waals surface area contributed by atoms with Crippen molar-refractivity contribution < 1.29 is 27.4 Å². The summed E-state index contributed by atoms with van der Waals surface area (Å²) in [6, 6.07) is 14.5. The van der Waals surface area contributed by atoms with Crippen LogP contribution < -0.4 is 25.1 Å². The monoisotopic (exact) mass is 504 g/mol. The summed E-state index contributed by atoms with van der Waals surface area (Å²) in [7, 11) is -1.98. The molecule has 0 radical (unpaired) electrons. The van der Waals surface area contributed by atoms with Crippen molar-refractivity contribution in [2.75, 3.05) is 33.4 Å². The zero-order chi connectivity index (χ0) is 25.1. The molecule has 2 aromatic carbocycles. The number of ether oxygens (including phenoxy) is 2. The summed E-state index contributed by atoms with van der Waals surface area (Å²) in [5, 5.41) is 14.1. The molecule has 0 aliphatic heterocycles. The summed E-state index contributed by atoms with van der Waals surface area (Å²) in [6.45, 7) is 1.64. The van der Waals surface area contributed by atoms with Gasteiger partial charge in [0.1, 0.15) is 29.8 Å². The first-order chi connectivity index (χ1) is 16.9. The Morgan fingerprint density at radius 1 is 0.943 bits per heavy atom. The van der Waals surface area contributed by atoms with Crippen LogP contribution in [-0.4, -0.2) is 53.0 Å². The van der Waals surface area contributed by atoms with Crippen molar-refractivity contribution in [2.45, 2.75) is 36.7 Å². The van der Waals surface area contributed by atoms with Gasteiger partial charge >= 0.3 is 5.63 Å². The van der Waals surface area contributed by atoms with E-state index in [1.807, 2.05) is 0 Å². The van der Waals surface area contributed by atoms with E-state index in [0.717, 1.165) is 37.6 Å². The minimum Gasteiger partial charge on any atom is -0.497 e. The molecule has 0 aliphatic rings. The Balaban J connectivity index is 1.23. The molecule has 0 saturated heterocycles. The molecule has 0 spiro atoms. The molecule has 3 aromatic rings. The Morgan fingerprint density at radius 3 is 2.37 bits per heavy atom. The van der Waals surface area contributed by atoms with Crippen LogP contribution in [0.2, 0.25) is 0 Å². The van der Waals surface area contributed by atoms with Gasteiger partial charge in [-0.1, -0.05) is 12.8 Å². The zero-order valence-corrected chi connectivity index (χ0v) is 20.6. The van der Waals surface area contributed by atoms with Crippen LogP contribution in [0.3, 0.4) is 0 Å². The molecule has 0 aliphatic carbocycles. The number of hydrogen-bond donors (Lipinski definition) is 3. The third kappa shape index (κ3) is 8.66. The number of hydrogen-bond acceptors (Lipinski definition) is 8. The highest BCUT2D eigenvalue weighted by Crippen LogP contribution is 2.19. The van der Waals surface area contributed by atoms with E-state index in [1.165, 1.54) is 25.3 Å². The smallest absolute Gasteiger partial charge is 0.336 e. The SMILES string of the molecule is COc1ccc(S(=O)(=O)NCCCCCCNC[C@H](O)COc2ccc3ccc(=O)oc3c2)cc1. The van der Waals surface area contributed by atoms with Gasteiger partial charge in [-0.05, 0) is 61.9 Å². The predicted octanol–water partition coefficient (Wildman–Crippen LogP) is 2.67. The Kier molecular flexibility index (Phi) is 10.1. The van der Waals surface area contributed by atoms with Crippen LogP contribution in [0.5, 0.6) is 11.5 Å². The van der Waals surface area contributed by atoms with E-state index < -0.39 is 21.8 Å². The van der Waals surface area contributed by atoms with Gasteiger partial charge in [0.2, 0.25) is 10.0 Å². The number of aliphatic hydroxyl groups excluding tert-OH is 1. The van der Waals surface area contributed by atoms with Gasteiger partial charge in [0.15, 0.2) is 0 Å². The van der Waals surface area contributed by atoms with Crippen LogP contribution in [0.25, 0.3) is 11.0 Å². The van der Waals surface area contributed by atoms with Crippen LogP contribution in [-0.2, 0) is 10.0 Å². The minimum atomic E-state index is -3.51. The molecule has 0 fully saturated rings. The lowest BCUT2D eigenvalue weighted by Gasteiger charge is -2.13. The Bertz CT molecular complexity index is 1230. The maximum absolute atomic E-state index is 12.3. The molecule has 10 heteroatoms. The largest absolute Gasteiger partial charge is 0.497 e. The molecule has 1 atom stereocenters. The highest BCUT2D eigenvalue weighted by molar-refractivity contribution is 7.89. The summed E-state index contributed by atoms with van der Waals surface area (Å²) in [5.41, 5.74) is 0.0184. The first kappa shape index (κ1) is 26.7. The van der Waals surface area contributed by atoms with Crippen molar-refractivity contribution >= 4 is 21.0 Å². The topological polar surface area (TPSA) is 127 Å². The van der Waals surface area contributed by atoms with Gasteiger partial charge in [0.05, 0.1) is 12.0 Å². The summed E-state index contributed by atoms with van der Waals surface area (Å²) < 4.78 is 42.9. The van der Waals surface area contributed by atoms with E-state index in [1.54, 1.807) is 36.4 Å². The fraction of sp³-hybridized carbons (Fsp3) is 0.400. The van der Waals surface area contributed by atoms with E-state index in [0.29, 0.717) is 30.2 Å². The molecule has 0 unspecified atom stereocenters. The average molecular weight is 505 g/mol. The third-order valence-electron chi connectivity index (χ3n) is 5.36. The van der Waals surface area contributed by atoms with Crippen molar-refractivity contribution in [2.24, 2.45) is 0 Å². The number of rotatable bonds is 15. The van der Waals surface area contributed by atoms with Crippen molar-refractivity contribution in [1.82, 2.24) is 10.0 Å². The number of benzene rings is 2. The average Bonchev–Trinajstić information content (AvgIpc) is 2.86. The van der Waals surface area contributed by atoms with E-state index >= 15 is 0 Å². The number of aliphatic hydroxyl groups is 1. The van der Waals surface area contributed by atoms with Gasteiger partial charge in [-0.15, -0.1) is 0 Å². The molecule has 0 amide bonds. The lowest BCUT2D eigenvalue weighted by Crippen LogP contribution is -2.32. The van der Waals surface area contributed by atoms with Gasteiger partial charge in [-0.2, -0.15) is 0 Å². The van der Waals surface area contributed by atoms with Crippen LogP contribution in [0, 0.1) is 0 Å². The Hall–Kier alpha value is -2.92. The van der Waals surface area contributed by atoms with E-state index in [9.17, 15) is 18.3 Å². The lowest BCUT2D eigenvalue weighted by atomic mass is 10.2.